The van der Waals surface area contributed by atoms with Crippen LogP contribution in [0.15, 0.2) is 186 Å². The molecule has 0 radical (unpaired) electrons. The number of benzene rings is 6. The smallest absolute Gasteiger partial charge is 0.257 e. The van der Waals surface area contributed by atoms with Crippen molar-refractivity contribution in [3.05, 3.63) is 214 Å². The van der Waals surface area contributed by atoms with Gasteiger partial charge in [0.1, 0.15) is 17.1 Å². The molecule has 4 heterocycles. The van der Waals surface area contributed by atoms with Crippen molar-refractivity contribution < 1.29 is 14.0 Å². The number of rotatable bonds is 9. The minimum atomic E-state index is -0.573. The fourth-order valence-corrected chi connectivity index (χ4v) is 7.42. The minimum absolute atomic E-state index is 0.0625. The van der Waals surface area contributed by atoms with E-state index in [1.54, 1.807) is 73.1 Å². The van der Waals surface area contributed by atoms with Crippen LogP contribution in [0.2, 0.25) is 0 Å². The van der Waals surface area contributed by atoms with Crippen LogP contribution in [-0.2, 0) is 11.2 Å². The van der Waals surface area contributed by atoms with Gasteiger partial charge in [0.2, 0.25) is 5.91 Å². The second kappa shape index (κ2) is 17.9. The van der Waals surface area contributed by atoms with E-state index in [9.17, 15) is 23.6 Å². The Balaban J connectivity index is 0.000000162. The Hall–Kier alpha value is -8.97. The molecule has 0 aliphatic rings. The van der Waals surface area contributed by atoms with Crippen molar-refractivity contribution in [2.24, 2.45) is 0 Å². The van der Waals surface area contributed by atoms with Gasteiger partial charge in [-0.2, -0.15) is 0 Å². The molecule has 2 amide bonds. The average Bonchev–Trinajstić information content (AvgIpc) is 3.31. The molecule has 10 aromatic rings. The number of H-pyrrole nitrogens is 2. The zero-order valence-corrected chi connectivity index (χ0v) is 33.9. The van der Waals surface area contributed by atoms with E-state index in [4.69, 9.17) is 0 Å². The Kier molecular flexibility index (Phi) is 11.3. The van der Waals surface area contributed by atoms with Gasteiger partial charge in [0.05, 0.1) is 23.5 Å². The number of carbonyl (C=O) groups is 2. The highest BCUT2D eigenvalue weighted by atomic mass is 19.1. The van der Waals surface area contributed by atoms with Crippen LogP contribution in [0.4, 0.5) is 38.5 Å². The number of para-hydroxylation sites is 1. The summed E-state index contributed by atoms with van der Waals surface area (Å²) >= 11 is 0. The summed E-state index contributed by atoms with van der Waals surface area (Å²) in [5.41, 5.74) is 5.70. The summed E-state index contributed by atoms with van der Waals surface area (Å²) in [6, 6.07) is 48.6. The molecule has 6 N–H and O–H groups in total. The summed E-state index contributed by atoms with van der Waals surface area (Å²) in [4.78, 5) is 63.5. The molecular formula is C51H37FN8O4. The van der Waals surface area contributed by atoms with Crippen molar-refractivity contribution in [1.82, 2.24) is 19.9 Å². The fraction of sp³-hybridized carbons (Fsp3) is 0.0196. The molecule has 0 atom stereocenters. The van der Waals surface area contributed by atoms with Crippen molar-refractivity contribution in [2.75, 3.05) is 21.3 Å². The molecule has 4 aromatic heterocycles. The third-order valence-corrected chi connectivity index (χ3v) is 10.4. The molecule has 0 unspecified atom stereocenters. The van der Waals surface area contributed by atoms with Gasteiger partial charge in [-0.05, 0) is 84.4 Å². The lowest BCUT2D eigenvalue weighted by Crippen LogP contribution is -2.14. The van der Waals surface area contributed by atoms with Crippen LogP contribution < -0.4 is 32.4 Å². The summed E-state index contributed by atoms with van der Waals surface area (Å²) in [6.45, 7) is 0. The number of halogens is 1. The molecule has 6 aromatic carbocycles. The van der Waals surface area contributed by atoms with Gasteiger partial charge in [-0.3, -0.25) is 19.2 Å². The molecule has 64 heavy (non-hydrogen) atoms. The third-order valence-electron chi connectivity index (χ3n) is 10.4. The first-order chi connectivity index (χ1) is 31.3. The van der Waals surface area contributed by atoms with Crippen molar-refractivity contribution >= 4 is 89.6 Å². The molecule has 0 fully saturated rings. The standard InChI is InChI=1S/C26H20N4O2.C25H17FN4O2/c31-23(29-18-6-2-1-3-7-18)16-17-10-12-19(13-11-17)28-22-14-15-27-25-24(22)20-8-4-5-9-21(20)26(32)30-25;26-19-14-16(10-11-20(19)29-24(31)15-6-2-1-3-7-15)28-21-12-13-27-23-22(21)17-8-4-5-9-18(17)25(32)30-23/h1-15H,16H2,(H,29,31)(H2,27,28,30,32);1-14H,(H,29,31)(H2,27,28,30,32). The van der Waals surface area contributed by atoms with E-state index in [0.717, 1.165) is 44.2 Å². The summed E-state index contributed by atoms with van der Waals surface area (Å²) < 4.78 is 14.7. The van der Waals surface area contributed by atoms with E-state index in [1.807, 2.05) is 91.0 Å². The lowest BCUT2D eigenvalue weighted by Gasteiger charge is -2.13. The number of amides is 2. The number of fused-ring (bicyclic) bond motifs is 6. The Morgan fingerprint density at radius 1 is 0.500 bits per heavy atom. The maximum Gasteiger partial charge on any atom is 0.257 e. The predicted molar refractivity (Wildman–Crippen MR) is 252 cm³/mol. The van der Waals surface area contributed by atoms with Gasteiger partial charge in [0.25, 0.3) is 17.0 Å². The van der Waals surface area contributed by atoms with Crippen molar-refractivity contribution in [3.63, 3.8) is 0 Å². The second-order valence-electron chi connectivity index (χ2n) is 14.7. The van der Waals surface area contributed by atoms with E-state index in [-0.39, 0.29) is 28.6 Å². The molecule has 0 saturated carbocycles. The normalized spacial score (nSPS) is 10.9. The SMILES string of the molecule is O=C(Cc1ccc(Nc2ccnc3[nH]c(=O)c4ccccc4c23)cc1)Nc1ccccc1.O=C(Nc1ccc(Nc2ccnc3[nH]c(=O)c4ccccc4c23)cc1F)c1ccccc1. The number of aromatic amines is 2. The third kappa shape index (κ3) is 8.76. The van der Waals surface area contributed by atoms with Crippen molar-refractivity contribution in [3.8, 4) is 0 Å². The lowest BCUT2D eigenvalue weighted by atomic mass is 10.1. The number of nitrogens with zero attached hydrogens (tertiary/aromatic N) is 2. The van der Waals surface area contributed by atoms with Crippen molar-refractivity contribution in [1.29, 1.82) is 0 Å². The lowest BCUT2D eigenvalue weighted by molar-refractivity contribution is -0.115. The van der Waals surface area contributed by atoms with Crippen LogP contribution in [0.5, 0.6) is 0 Å². The Labute approximate surface area is 363 Å². The number of aromatic nitrogens is 4. The molecule has 0 spiro atoms. The highest BCUT2D eigenvalue weighted by Gasteiger charge is 2.14. The summed E-state index contributed by atoms with van der Waals surface area (Å²) in [5, 5.41) is 16.4. The monoisotopic (exact) mass is 844 g/mol. The number of pyridine rings is 4. The first-order valence-electron chi connectivity index (χ1n) is 20.2. The Morgan fingerprint density at radius 3 is 1.56 bits per heavy atom. The fourth-order valence-electron chi connectivity index (χ4n) is 7.42. The average molecular weight is 845 g/mol. The van der Waals surface area contributed by atoms with Crippen LogP contribution in [0.25, 0.3) is 43.6 Å². The molecule has 0 saturated heterocycles. The van der Waals surface area contributed by atoms with Gasteiger partial charge < -0.3 is 31.2 Å². The highest BCUT2D eigenvalue weighted by Crippen LogP contribution is 2.32. The zero-order chi connectivity index (χ0) is 44.0. The first-order valence-corrected chi connectivity index (χ1v) is 20.2. The number of nitrogens with one attached hydrogen (secondary N) is 6. The molecule has 0 aliphatic heterocycles. The van der Waals surface area contributed by atoms with Gasteiger partial charge in [-0.25, -0.2) is 14.4 Å². The summed E-state index contributed by atoms with van der Waals surface area (Å²) in [5.74, 6) is -1.02. The maximum atomic E-state index is 14.7. The Bertz CT molecular complexity index is 3470. The second-order valence-corrected chi connectivity index (χ2v) is 14.7. The molecule has 312 valence electrons. The Morgan fingerprint density at radius 2 is 1.00 bits per heavy atom. The van der Waals surface area contributed by atoms with Crippen LogP contribution in [0.1, 0.15) is 15.9 Å². The quantitative estimate of drug-likeness (QED) is 0.0779. The van der Waals surface area contributed by atoms with Gasteiger partial charge in [-0.15, -0.1) is 0 Å². The predicted octanol–water partition coefficient (Wildman–Crippen LogP) is 10.2. The largest absolute Gasteiger partial charge is 0.355 e. The van der Waals surface area contributed by atoms with Crippen LogP contribution in [0.3, 0.4) is 0 Å². The summed E-state index contributed by atoms with van der Waals surface area (Å²) in [6.07, 6.45) is 3.52. The number of carbonyl (C=O) groups excluding carboxylic acids is 2. The first kappa shape index (κ1) is 40.4. The van der Waals surface area contributed by atoms with E-state index >= 15 is 0 Å². The van der Waals surface area contributed by atoms with E-state index in [1.165, 1.54) is 12.1 Å². The van der Waals surface area contributed by atoms with Gasteiger partial charge in [0.15, 0.2) is 0 Å². The number of anilines is 6. The molecule has 12 nitrogen and oxygen atoms in total. The molecule has 0 bridgehead atoms. The van der Waals surface area contributed by atoms with Crippen molar-refractivity contribution in [2.45, 2.75) is 6.42 Å². The molecule has 0 aliphatic carbocycles. The topological polar surface area (TPSA) is 174 Å². The number of hydrogen-bond acceptors (Lipinski definition) is 8. The van der Waals surface area contributed by atoms with E-state index < -0.39 is 5.82 Å². The summed E-state index contributed by atoms with van der Waals surface area (Å²) in [7, 11) is 0. The van der Waals surface area contributed by atoms with Crippen LogP contribution in [-0.4, -0.2) is 31.8 Å². The van der Waals surface area contributed by atoms with Crippen LogP contribution >= 0.6 is 0 Å². The minimum Gasteiger partial charge on any atom is -0.355 e. The van der Waals surface area contributed by atoms with E-state index in [2.05, 4.69) is 41.2 Å². The van der Waals surface area contributed by atoms with Gasteiger partial charge in [0, 0.05) is 67.3 Å². The molecular weight excluding hydrogens is 808 g/mol. The highest BCUT2D eigenvalue weighted by molar-refractivity contribution is 6.12. The molecule has 10 rings (SSSR count). The maximum absolute atomic E-state index is 14.7. The zero-order valence-electron chi connectivity index (χ0n) is 33.9. The number of hydrogen-bond donors (Lipinski definition) is 6. The van der Waals surface area contributed by atoms with Gasteiger partial charge >= 0.3 is 0 Å². The van der Waals surface area contributed by atoms with Crippen LogP contribution in [0, 0.1) is 5.82 Å². The van der Waals surface area contributed by atoms with E-state index in [0.29, 0.717) is 45.4 Å². The van der Waals surface area contributed by atoms with Gasteiger partial charge in [-0.1, -0.05) is 84.9 Å². The molecule has 13 heteroatoms.